The van der Waals surface area contributed by atoms with Crippen LogP contribution < -0.4 is 9.47 Å². The number of aromatic nitrogens is 2. The summed E-state index contributed by atoms with van der Waals surface area (Å²) in [7, 11) is 0. The molecule has 21 heavy (non-hydrogen) atoms. The number of nitrogens with zero attached hydrogens (tertiary/aromatic N) is 3. The van der Waals surface area contributed by atoms with Crippen LogP contribution in [0.3, 0.4) is 0 Å². The Morgan fingerprint density at radius 3 is 2.95 bits per heavy atom. The Bertz CT molecular complexity index is 735. The summed E-state index contributed by atoms with van der Waals surface area (Å²) in [6.45, 7) is 1.98. The van der Waals surface area contributed by atoms with Gasteiger partial charge in [0.2, 0.25) is 5.88 Å². The Morgan fingerprint density at radius 1 is 1.38 bits per heavy atom. The number of hydrogen-bond donors (Lipinski definition) is 0. The molecule has 0 N–H and O–H groups in total. The highest BCUT2D eigenvalue weighted by Crippen LogP contribution is 2.37. The predicted octanol–water partition coefficient (Wildman–Crippen LogP) is 2.55. The normalized spacial score (nSPS) is 16.6. The van der Waals surface area contributed by atoms with Crippen molar-refractivity contribution in [1.29, 1.82) is 5.26 Å². The first-order valence-corrected chi connectivity index (χ1v) is 6.40. The lowest BCUT2D eigenvalue weighted by Crippen LogP contribution is -2.18. The van der Waals surface area contributed by atoms with Gasteiger partial charge in [0.25, 0.3) is 0 Å². The molecule has 6 heteroatoms. The Labute approximate surface area is 121 Å². The molecule has 0 saturated heterocycles. The van der Waals surface area contributed by atoms with E-state index in [1.165, 1.54) is 12.4 Å². The average Bonchev–Trinajstić information content (AvgIpc) is 2.47. The molecule has 3 rings (SSSR count). The van der Waals surface area contributed by atoms with Crippen LogP contribution in [0.15, 0.2) is 30.6 Å². The molecule has 2 aromatic rings. The van der Waals surface area contributed by atoms with Crippen LogP contribution in [0, 0.1) is 11.3 Å². The number of carbonyl (C=O) groups is 1. The molecule has 1 aromatic carbocycles. The maximum absolute atomic E-state index is 11.5. The van der Waals surface area contributed by atoms with Crippen LogP contribution in [-0.4, -0.2) is 15.9 Å². The molecular formula is C15H11N3O3. The summed E-state index contributed by atoms with van der Waals surface area (Å²) < 4.78 is 10.8. The smallest absolute Gasteiger partial charge is 0.311 e. The third-order valence-electron chi connectivity index (χ3n) is 3.18. The summed E-state index contributed by atoms with van der Waals surface area (Å²) in [5.41, 5.74) is 1.20. The molecule has 0 aliphatic carbocycles. The zero-order valence-electron chi connectivity index (χ0n) is 11.2. The van der Waals surface area contributed by atoms with Crippen molar-refractivity contribution in [3.63, 3.8) is 0 Å². The van der Waals surface area contributed by atoms with E-state index in [4.69, 9.17) is 14.7 Å². The molecular weight excluding hydrogens is 270 g/mol. The third kappa shape index (κ3) is 2.67. The van der Waals surface area contributed by atoms with Gasteiger partial charge in [-0.3, -0.25) is 4.79 Å². The zero-order chi connectivity index (χ0) is 14.8. The molecule has 104 valence electrons. The van der Waals surface area contributed by atoms with Gasteiger partial charge in [0, 0.05) is 6.07 Å². The molecule has 0 bridgehead atoms. The molecule has 0 spiro atoms. The summed E-state index contributed by atoms with van der Waals surface area (Å²) in [4.78, 5) is 19.3. The molecule has 1 aliphatic heterocycles. The average molecular weight is 281 g/mol. The number of fused-ring (bicyclic) bond motifs is 1. The third-order valence-corrected chi connectivity index (χ3v) is 3.18. The van der Waals surface area contributed by atoms with Crippen molar-refractivity contribution in [2.24, 2.45) is 0 Å². The van der Waals surface area contributed by atoms with Gasteiger partial charge in [-0.25, -0.2) is 9.97 Å². The summed E-state index contributed by atoms with van der Waals surface area (Å²) in [5.74, 6) is 1.16. The summed E-state index contributed by atoms with van der Waals surface area (Å²) >= 11 is 0. The lowest BCUT2D eigenvalue weighted by Gasteiger charge is -2.21. The number of hydrogen-bond acceptors (Lipinski definition) is 6. The van der Waals surface area contributed by atoms with Gasteiger partial charge in [-0.15, -0.1) is 0 Å². The maximum atomic E-state index is 11.5. The molecule has 0 radical (unpaired) electrons. The Hall–Kier alpha value is -2.94. The van der Waals surface area contributed by atoms with E-state index in [9.17, 15) is 4.79 Å². The number of ether oxygens (including phenoxy) is 2. The summed E-state index contributed by atoms with van der Waals surface area (Å²) in [6, 6.07) is 7.20. The molecule has 0 saturated carbocycles. The van der Waals surface area contributed by atoms with Gasteiger partial charge in [-0.05, 0) is 17.5 Å². The molecule has 1 aromatic heterocycles. The zero-order valence-corrected chi connectivity index (χ0v) is 11.2. The Balaban J connectivity index is 1.85. The topological polar surface area (TPSA) is 85.1 Å². The van der Waals surface area contributed by atoms with Crippen LogP contribution in [0.25, 0.3) is 0 Å². The molecule has 1 atom stereocenters. The highest BCUT2D eigenvalue weighted by molar-refractivity contribution is 5.76. The van der Waals surface area contributed by atoms with E-state index >= 15 is 0 Å². The molecule has 1 aliphatic rings. The standard InChI is InChI=1S/C15H11N3O3/c1-9-4-15(19)21-13-5-11(2-3-12(9)13)20-14-8-17-10(6-16)7-18-14/h2-3,5,7-9H,4H2,1H3. The fourth-order valence-corrected chi connectivity index (χ4v) is 2.15. The molecule has 6 nitrogen and oxygen atoms in total. The van der Waals surface area contributed by atoms with Crippen LogP contribution in [0.1, 0.15) is 30.5 Å². The van der Waals surface area contributed by atoms with E-state index in [0.29, 0.717) is 17.9 Å². The minimum Gasteiger partial charge on any atom is -0.437 e. The van der Waals surface area contributed by atoms with E-state index in [2.05, 4.69) is 9.97 Å². The number of carbonyl (C=O) groups excluding carboxylic acids is 1. The highest BCUT2D eigenvalue weighted by Gasteiger charge is 2.24. The molecule has 1 unspecified atom stereocenters. The highest BCUT2D eigenvalue weighted by atomic mass is 16.5. The lowest BCUT2D eigenvalue weighted by atomic mass is 9.95. The van der Waals surface area contributed by atoms with E-state index in [1.54, 1.807) is 12.1 Å². The second kappa shape index (κ2) is 5.21. The monoisotopic (exact) mass is 281 g/mol. The van der Waals surface area contributed by atoms with Crippen LogP contribution in [0.2, 0.25) is 0 Å². The Kier molecular flexibility index (Phi) is 3.24. The Morgan fingerprint density at radius 2 is 2.24 bits per heavy atom. The first-order valence-electron chi connectivity index (χ1n) is 6.40. The second-order valence-corrected chi connectivity index (χ2v) is 4.73. The number of esters is 1. The largest absolute Gasteiger partial charge is 0.437 e. The fourth-order valence-electron chi connectivity index (χ4n) is 2.15. The van der Waals surface area contributed by atoms with Crippen molar-refractivity contribution < 1.29 is 14.3 Å². The van der Waals surface area contributed by atoms with Gasteiger partial charge < -0.3 is 9.47 Å². The molecule has 2 heterocycles. The number of rotatable bonds is 2. The van der Waals surface area contributed by atoms with Crippen molar-refractivity contribution >= 4 is 5.97 Å². The second-order valence-electron chi connectivity index (χ2n) is 4.73. The van der Waals surface area contributed by atoms with Gasteiger partial charge in [0.05, 0.1) is 18.8 Å². The minimum atomic E-state index is -0.245. The van der Waals surface area contributed by atoms with E-state index in [-0.39, 0.29) is 23.5 Å². The van der Waals surface area contributed by atoms with Crippen molar-refractivity contribution in [1.82, 2.24) is 9.97 Å². The van der Waals surface area contributed by atoms with Crippen molar-refractivity contribution in [2.75, 3.05) is 0 Å². The maximum Gasteiger partial charge on any atom is 0.311 e. The van der Waals surface area contributed by atoms with Crippen LogP contribution >= 0.6 is 0 Å². The van der Waals surface area contributed by atoms with E-state index in [0.717, 1.165) is 5.56 Å². The SMILES string of the molecule is CC1CC(=O)Oc2cc(Oc3cnc(C#N)cn3)ccc21. The predicted molar refractivity (Wildman–Crippen MR) is 71.9 cm³/mol. The van der Waals surface area contributed by atoms with Crippen LogP contribution in [0.4, 0.5) is 0 Å². The number of benzene rings is 1. The summed E-state index contributed by atoms with van der Waals surface area (Å²) in [6.07, 6.45) is 3.08. The number of nitriles is 1. The van der Waals surface area contributed by atoms with Crippen molar-refractivity contribution in [2.45, 2.75) is 19.3 Å². The van der Waals surface area contributed by atoms with E-state index in [1.807, 2.05) is 19.1 Å². The molecule has 0 fully saturated rings. The van der Waals surface area contributed by atoms with Gasteiger partial charge in [-0.1, -0.05) is 13.0 Å². The van der Waals surface area contributed by atoms with Gasteiger partial charge in [0.1, 0.15) is 17.6 Å². The lowest BCUT2D eigenvalue weighted by molar-refractivity contribution is -0.135. The molecule has 0 amide bonds. The fraction of sp³-hybridized carbons (Fsp3) is 0.200. The quantitative estimate of drug-likeness (QED) is 0.621. The first-order chi connectivity index (χ1) is 10.2. The van der Waals surface area contributed by atoms with Crippen molar-refractivity contribution in [3.05, 3.63) is 41.9 Å². The van der Waals surface area contributed by atoms with Crippen molar-refractivity contribution in [3.8, 4) is 23.4 Å². The summed E-state index contributed by atoms with van der Waals surface area (Å²) in [5, 5.41) is 8.66. The minimum absolute atomic E-state index is 0.130. The van der Waals surface area contributed by atoms with Gasteiger partial charge in [0.15, 0.2) is 5.69 Å². The van der Waals surface area contributed by atoms with Gasteiger partial charge >= 0.3 is 5.97 Å². The van der Waals surface area contributed by atoms with Crippen LogP contribution in [0.5, 0.6) is 17.4 Å². The van der Waals surface area contributed by atoms with E-state index < -0.39 is 0 Å². The first kappa shape index (κ1) is 13.1. The van der Waals surface area contributed by atoms with Gasteiger partial charge in [-0.2, -0.15) is 5.26 Å². The van der Waals surface area contributed by atoms with Crippen LogP contribution in [-0.2, 0) is 4.79 Å².